The van der Waals surface area contributed by atoms with Gasteiger partial charge in [-0.25, -0.2) is 18.5 Å². The number of sulfonamides is 1. The molecule has 1 heterocycles. The molecular formula is C19H16Cl2N2O5S. The van der Waals surface area contributed by atoms with Crippen LogP contribution in [0, 0.1) is 0 Å². The van der Waals surface area contributed by atoms with E-state index in [1.807, 2.05) is 0 Å². The van der Waals surface area contributed by atoms with Crippen molar-refractivity contribution in [2.75, 3.05) is 0 Å². The SMILES string of the molecule is NS(=O)(=O)c1ccc(OC(=O)CCCc2ncc(-c3ccc(Cl)c(Cl)c3)o2)cc1. The Labute approximate surface area is 177 Å². The van der Waals surface area contributed by atoms with Gasteiger partial charge in [-0.1, -0.05) is 23.2 Å². The average molecular weight is 455 g/mol. The second kappa shape index (κ2) is 8.96. The van der Waals surface area contributed by atoms with Gasteiger partial charge in [0.2, 0.25) is 10.0 Å². The third-order valence-electron chi connectivity index (χ3n) is 3.91. The molecule has 10 heteroatoms. The molecule has 0 bridgehead atoms. The van der Waals surface area contributed by atoms with Crippen molar-refractivity contribution in [1.82, 2.24) is 4.98 Å². The highest BCUT2D eigenvalue weighted by Crippen LogP contribution is 2.29. The van der Waals surface area contributed by atoms with Crippen LogP contribution in [-0.2, 0) is 21.2 Å². The summed E-state index contributed by atoms with van der Waals surface area (Å²) in [6.45, 7) is 0. The van der Waals surface area contributed by atoms with Crippen LogP contribution in [0.1, 0.15) is 18.7 Å². The van der Waals surface area contributed by atoms with E-state index in [2.05, 4.69) is 4.98 Å². The third kappa shape index (κ3) is 5.80. The molecule has 0 spiro atoms. The van der Waals surface area contributed by atoms with Crippen molar-refractivity contribution in [3.8, 4) is 17.1 Å². The van der Waals surface area contributed by atoms with Crippen molar-refractivity contribution in [2.24, 2.45) is 5.14 Å². The molecule has 0 aliphatic carbocycles. The number of nitrogens with two attached hydrogens (primary N) is 1. The van der Waals surface area contributed by atoms with Gasteiger partial charge in [-0.3, -0.25) is 4.79 Å². The summed E-state index contributed by atoms with van der Waals surface area (Å²) in [6, 6.07) is 10.4. The van der Waals surface area contributed by atoms with E-state index in [0.717, 1.165) is 5.56 Å². The number of rotatable bonds is 7. The summed E-state index contributed by atoms with van der Waals surface area (Å²) in [6.07, 6.45) is 2.64. The lowest BCUT2D eigenvalue weighted by Gasteiger charge is -2.04. The molecule has 1 aromatic heterocycles. The van der Waals surface area contributed by atoms with Gasteiger partial charge >= 0.3 is 5.97 Å². The number of hydrogen-bond acceptors (Lipinski definition) is 6. The highest BCUT2D eigenvalue weighted by molar-refractivity contribution is 7.89. The second-order valence-electron chi connectivity index (χ2n) is 6.09. The highest BCUT2D eigenvalue weighted by atomic mass is 35.5. The highest BCUT2D eigenvalue weighted by Gasteiger charge is 2.12. The summed E-state index contributed by atoms with van der Waals surface area (Å²) in [5.74, 6) is 0.817. The summed E-state index contributed by atoms with van der Waals surface area (Å²) >= 11 is 11.9. The Hall–Kier alpha value is -2.39. The van der Waals surface area contributed by atoms with Gasteiger partial charge in [0.25, 0.3) is 0 Å². The number of ether oxygens (including phenoxy) is 1. The number of hydrogen-bond donors (Lipinski definition) is 1. The number of benzene rings is 2. The fraction of sp³-hybridized carbons (Fsp3) is 0.158. The van der Waals surface area contributed by atoms with E-state index < -0.39 is 16.0 Å². The van der Waals surface area contributed by atoms with Crippen LogP contribution >= 0.6 is 23.2 Å². The van der Waals surface area contributed by atoms with Gasteiger partial charge < -0.3 is 9.15 Å². The van der Waals surface area contributed by atoms with E-state index in [1.165, 1.54) is 24.3 Å². The number of primary sulfonamides is 1. The van der Waals surface area contributed by atoms with Crippen LogP contribution < -0.4 is 9.88 Å². The normalized spacial score (nSPS) is 11.4. The lowest BCUT2D eigenvalue weighted by atomic mass is 10.2. The monoisotopic (exact) mass is 454 g/mol. The van der Waals surface area contributed by atoms with Gasteiger partial charge in [-0.05, 0) is 48.9 Å². The van der Waals surface area contributed by atoms with E-state index in [0.29, 0.717) is 34.5 Å². The molecule has 0 unspecified atom stereocenters. The Balaban J connectivity index is 1.50. The molecule has 7 nitrogen and oxygen atoms in total. The smallest absolute Gasteiger partial charge is 0.311 e. The molecule has 29 heavy (non-hydrogen) atoms. The minimum absolute atomic E-state index is 0.0565. The summed E-state index contributed by atoms with van der Waals surface area (Å²) in [5, 5.41) is 5.89. The molecule has 0 saturated heterocycles. The van der Waals surface area contributed by atoms with Gasteiger partial charge in [0, 0.05) is 18.4 Å². The van der Waals surface area contributed by atoms with Gasteiger partial charge in [-0.2, -0.15) is 0 Å². The Bertz CT molecular complexity index is 1130. The number of oxazole rings is 1. The fourth-order valence-corrected chi connectivity index (χ4v) is 3.29. The van der Waals surface area contributed by atoms with Crippen LogP contribution in [0.15, 0.2) is 58.0 Å². The van der Waals surface area contributed by atoms with Crippen LogP contribution in [0.25, 0.3) is 11.3 Å². The Morgan fingerprint density at radius 2 is 1.83 bits per heavy atom. The summed E-state index contributed by atoms with van der Waals surface area (Å²) in [7, 11) is -3.79. The first-order chi connectivity index (χ1) is 13.7. The van der Waals surface area contributed by atoms with Crippen molar-refractivity contribution in [3.05, 3.63) is 64.6 Å². The number of aryl methyl sites for hydroxylation is 1. The molecule has 0 atom stereocenters. The Kier molecular flexibility index (Phi) is 6.59. The lowest BCUT2D eigenvalue weighted by Crippen LogP contribution is -2.12. The Morgan fingerprint density at radius 1 is 1.10 bits per heavy atom. The molecule has 0 aliphatic rings. The van der Waals surface area contributed by atoms with E-state index in [4.69, 9.17) is 37.5 Å². The topological polar surface area (TPSA) is 112 Å². The molecule has 3 rings (SSSR count). The van der Waals surface area contributed by atoms with E-state index >= 15 is 0 Å². The molecule has 152 valence electrons. The number of nitrogens with zero attached hydrogens (tertiary/aromatic N) is 1. The molecule has 3 aromatic rings. The second-order valence-corrected chi connectivity index (χ2v) is 8.47. The number of halogens is 2. The minimum Gasteiger partial charge on any atom is -0.441 e. The molecule has 0 amide bonds. The number of carbonyl (C=O) groups is 1. The molecule has 2 aromatic carbocycles. The standard InChI is InChI=1S/C19H16Cl2N2O5S/c20-15-9-4-12(10-16(15)21)17-11-23-18(28-17)2-1-3-19(24)27-13-5-7-14(8-6-13)29(22,25)26/h4-11H,1-3H2,(H2,22,25,26). The predicted molar refractivity (Wildman–Crippen MR) is 108 cm³/mol. The zero-order valence-corrected chi connectivity index (χ0v) is 17.3. The number of esters is 1. The lowest BCUT2D eigenvalue weighted by molar-refractivity contribution is -0.134. The van der Waals surface area contributed by atoms with Crippen molar-refractivity contribution < 1.29 is 22.4 Å². The third-order valence-corrected chi connectivity index (χ3v) is 5.58. The van der Waals surface area contributed by atoms with Gasteiger partial charge in [0.05, 0.1) is 21.1 Å². The molecule has 0 fully saturated rings. The van der Waals surface area contributed by atoms with Crippen LogP contribution in [0.5, 0.6) is 5.75 Å². The quantitative estimate of drug-likeness (QED) is 0.422. The largest absolute Gasteiger partial charge is 0.441 e. The zero-order chi connectivity index (χ0) is 21.0. The van der Waals surface area contributed by atoms with Gasteiger partial charge in [0.1, 0.15) is 5.75 Å². The van der Waals surface area contributed by atoms with Crippen molar-refractivity contribution in [2.45, 2.75) is 24.2 Å². The maximum Gasteiger partial charge on any atom is 0.311 e. The zero-order valence-electron chi connectivity index (χ0n) is 15.0. The fourth-order valence-electron chi connectivity index (χ4n) is 2.47. The van der Waals surface area contributed by atoms with Gasteiger partial charge in [0.15, 0.2) is 11.7 Å². The summed E-state index contributed by atoms with van der Waals surface area (Å²) in [5.41, 5.74) is 0.750. The maximum atomic E-state index is 11.9. The van der Waals surface area contributed by atoms with Crippen molar-refractivity contribution in [3.63, 3.8) is 0 Å². The van der Waals surface area contributed by atoms with Crippen LogP contribution in [0.2, 0.25) is 10.0 Å². The minimum atomic E-state index is -3.79. The molecule has 2 N–H and O–H groups in total. The van der Waals surface area contributed by atoms with E-state index in [9.17, 15) is 13.2 Å². The van der Waals surface area contributed by atoms with Crippen molar-refractivity contribution >= 4 is 39.2 Å². The number of carbonyl (C=O) groups excluding carboxylic acids is 1. The van der Waals surface area contributed by atoms with Crippen LogP contribution in [0.3, 0.4) is 0 Å². The predicted octanol–water partition coefficient (Wildman–Crippen LogP) is 4.22. The van der Waals surface area contributed by atoms with Gasteiger partial charge in [-0.15, -0.1) is 0 Å². The molecule has 0 radical (unpaired) electrons. The first-order valence-corrected chi connectivity index (χ1v) is 10.8. The van der Waals surface area contributed by atoms with E-state index in [1.54, 1.807) is 24.4 Å². The van der Waals surface area contributed by atoms with E-state index in [-0.39, 0.29) is 17.1 Å². The summed E-state index contributed by atoms with van der Waals surface area (Å²) in [4.78, 5) is 16.1. The average Bonchev–Trinajstić information content (AvgIpc) is 3.12. The molecule has 0 aliphatic heterocycles. The van der Waals surface area contributed by atoms with Crippen LogP contribution in [0.4, 0.5) is 0 Å². The number of aromatic nitrogens is 1. The van der Waals surface area contributed by atoms with Crippen LogP contribution in [-0.4, -0.2) is 19.4 Å². The Morgan fingerprint density at radius 3 is 2.48 bits per heavy atom. The van der Waals surface area contributed by atoms with Crippen molar-refractivity contribution in [1.29, 1.82) is 0 Å². The first kappa shape index (κ1) is 21.3. The maximum absolute atomic E-state index is 11.9. The summed E-state index contributed by atoms with van der Waals surface area (Å²) < 4.78 is 33.3. The molecular weight excluding hydrogens is 439 g/mol. The molecule has 0 saturated carbocycles. The first-order valence-electron chi connectivity index (χ1n) is 8.46.